The van der Waals surface area contributed by atoms with Crippen LogP contribution in [0.1, 0.15) is 57.8 Å². The molecule has 4 rings (SSSR count). The summed E-state index contributed by atoms with van der Waals surface area (Å²) in [5, 5.41) is 4.02. The van der Waals surface area contributed by atoms with Crippen LogP contribution in [-0.2, 0) is 19.4 Å². The van der Waals surface area contributed by atoms with Crippen molar-refractivity contribution < 1.29 is 14.1 Å². The maximum Gasteiger partial charge on any atom is 0.254 e. The van der Waals surface area contributed by atoms with Gasteiger partial charge in [0.25, 0.3) is 5.91 Å². The Hall–Kier alpha value is -2.54. The van der Waals surface area contributed by atoms with Crippen molar-refractivity contribution in [2.24, 2.45) is 0 Å². The zero-order valence-corrected chi connectivity index (χ0v) is 15.6. The molecule has 2 aromatic rings. The van der Waals surface area contributed by atoms with E-state index in [1.165, 1.54) is 0 Å². The van der Waals surface area contributed by atoms with E-state index in [0.717, 1.165) is 43.6 Å². The molecule has 0 N–H and O–H groups in total. The number of hydrogen-bond acceptors (Lipinski definition) is 6. The number of Topliss-reactive ketones (excluding diaryl/α,β-unsaturated/α-hetero) is 1. The lowest BCUT2D eigenvalue weighted by atomic mass is 10.0. The number of benzene rings is 1. The van der Waals surface area contributed by atoms with Gasteiger partial charge in [0, 0.05) is 50.1 Å². The summed E-state index contributed by atoms with van der Waals surface area (Å²) in [6.07, 6.45) is 2.82. The number of nitrogens with zero attached hydrogens (tertiary/aromatic N) is 4. The van der Waals surface area contributed by atoms with Crippen molar-refractivity contribution in [1.82, 2.24) is 19.9 Å². The van der Waals surface area contributed by atoms with Crippen molar-refractivity contribution in [3.8, 4) is 0 Å². The summed E-state index contributed by atoms with van der Waals surface area (Å²) in [5.41, 5.74) is 2.34. The number of fused-ring (bicyclic) bond motifs is 1. The summed E-state index contributed by atoms with van der Waals surface area (Å²) in [5.74, 6) is 1.54. The van der Waals surface area contributed by atoms with Gasteiger partial charge < -0.3 is 9.42 Å². The third kappa shape index (κ3) is 3.64. The van der Waals surface area contributed by atoms with Crippen LogP contribution in [0, 0.1) is 0 Å². The quantitative estimate of drug-likeness (QED) is 0.822. The number of aryl methyl sites for hydroxylation is 1. The molecule has 0 atom stereocenters. The average Bonchev–Trinajstić information content (AvgIpc) is 3.22. The van der Waals surface area contributed by atoms with Gasteiger partial charge in [0.1, 0.15) is 0 Å². The van der Waals surface area contributed by atoms with E-state index in [1.807, 2.05) is 30.0 Å². The van der Waals surface area contributed by atoms with Crippen LogP contribution in [0.3, 0.4) is 0 Å². The lowest BCUT2D eigenvalue weighted by Gasteiger charge is -2.22. The maximum absolute atomic E-state index is 13.1. The van der Waals surface area contributed by atoms with Gasteiger partial charge in [-0.1, -0.05) is 24.2 Å². The minimum atomic E-state index is 0.0382. The predicted octanol–water partition coefficient (Wildman–Crippen LogP) is 2.11. The van der Waals surface area contributed by atoms with Gasteiger partial charge in [-0.3, -0.25) is 14.5 Å². The Morgan fingerprint density at radius 1 is 1.19 bits per heavy atom. The number of rotatable bonds is 4. The van der Waals surface area contributed by atoms with Crippen molar-refractivity contribution in [2.75, 3.05) is 26.2 Å². The number of hydrogen-bond donors (Lipinski definition) is 0. The lowest BCUT2D eigenvalue weighted by molar-refractivity contribution is 0.0759. The van der Waals surface area contributed by atoms with Crippen molar-refractivity contribution in [2.45, 2.75) is 39.2 Å². The molecule has 0 radical (unpaired) electrons. The molecule has 1 saturated heterocycles. The second kappa shape index (κ2) is 7.60. The molecular weight excluding hydrogens is 344 g/mol. The Kier molecular flexibility index (Phi) is 5.03. The summed E-state index contributed by atoms with van der Waals surface area (Å²) in [6.45, 7) is 5.68. The smallest absolute Gasteiger partial charge is 0.254 e. The van der Waals surface area contributed by atoms with Crippen molar-refractivity contribution in [3.63, 3.8) is 0 Å². The molecule has 7 nitrogen and oxygen atoms in total. The summed E-state index contributed by atoms with van der Waals surface area (Å²) >= 11 is 0. The molecule has 1 amide bonds. The Labute approximate surface area is 158 Å². The van der Waals surface area contributed by atoms with Crippen molar-refractivity contribution in [1.29, 1.82) is 0 Å². The molecule has 0 spiro atoms. The Morgan fingerprint density at radius 3 is 2.89 bits per heavy atom. The zero-order valence-electron chi connectivity index (χ0n) is 15.6. The molecule has 27 heavy (non-hydrogen) atoms. The Balaban J connectivity index is 1.42. The van der Waals surface area contributed by atoms with Crippen LogP contribution in [0.5, 0.6) is 0 Å². The number of amides is 1. The number of carbonyl (C=O) groups is 2. The van der Waals surface area contributed by atoms with E-state index < -0.39 is 0 Å². The fourth-order valence-electron chi connectivity index (χ4n) is 3.89. The first-order chi connectivity index (χ1) is 13.2. The van der Waals surface area contributed by atoms with Gasteiger partial charge in [0.15, 0.2) is 11.6 Å². The first kappa shape index (κ1) is 17.9. The van der Waals surface area contributed by atoms with Crippen molar-refractivity contribution >= 4 is 11.7 Å². The van der Waals surface area contributed by atoms with Crippen LogP contribution in [0.2, 0.25) is 0 Å². The molecule has 1 fully saturated rings. The molecule has 1 aromatic carbocycles. The largest absolute Gasteiger partial charge is 0.339 e. The second-order valence-electron chi connectivity index (χ2n) is 7.13. The monoisotopic (exact) mass is 368 g/mol. The van der Waals surface area contributed by atoms with E-state index in [-0.39, 0.29) is 11.7 Å². The number of carbonyl (C=O) groups excluding carboxylic acids is 2. The van der Waals surface area contributed by atoms with Crippen LogP contribution in [0.15, 0.2) is 22.7 Å². The van der Waals surface area contributed by atoms with Gasteiger partial charge in [0.05, 0.1) is 6.54 Å². The number of ketones is 1. The molecule has 0 saturated carbocycles. The molecule has 2 aliphatic rings. The molecular formula is C20H24N4O3. The van der Waals surface area contributed by atoms with E-state index in [2.05, 4.69) is 15.0 Å². The third-order valence-electron chi connectivity index (χ3n) is 5.36. The lowest BCUT2D eigenvalue weighted by Crippen LogP contribution is -2.35. The van der Waals surface area contributed by atoms with Gasteiger partial charge in [-0.05, 0) is 24.5 Å². The van der Waals surface area contributed by atoms with Crippen LogP contribution in [-0.4, -0.2) is 57.8 Å². The maximum atomic E-state index is 13.1. The second-order valence-corrected chi connectivity index (χ2v) is 7.13. The van der Waals surface area contributed by atoms with Crippen LogP contribution < -0.4 is 0 Å². The number of aromatic nitrogens is 2. The highest BCUT2D eigenvalue weighted by atomic mass is 16.5. The standard InChI is InChI=1S/C20H24N4O3/c1-2-19-21-18(22-27-19)13-23-9-4-10-24(12-11-23)20(26)16-6-3-5-15-14(16)7-8-17(15)25/h3,5-6H,2,4,7-13H2,1H3. The minimum absolute atomic E-state index is 0.0382. The zero-order chi connectivity index (χ0) is 18.8. The fraction of sp³-hybridized carbons (Fsp3) is 0.500. The van der Waals surface area contributed by atoms with E-state index in [4.69, 9.17) is 4.52 Å². The van der Waals surface area contributed by atoms with Gasteiger partial charge >= 0.3 is 0 Å². The molecule has 142 valence electrons. The van der Waals surface area contributed by atoms with Crippen LogP contribution in [0.4, 0.5) is 0 Å². The first-order valence-corrected chi connectivity index (χ1v) is 9.64. The SMILES string of the molecule is CCc1nc(CN2CCCN(C(=O)c3cccc4c3CCC4=O)CC2)no1. The van der Waals surface area contributed by atoms with Gasteiger partial charge in [-0.15, -0.1) is 0 Å². The molecule has 1 aromatic heterocycles. The van der Waals surface area contributed by atoms with Crippen LogP contribution in [0.25, 0.3) is 0 Å². The highest BCUT2D eigenvalue weighted by molar-refractivity contribution is 6.05. The summed E-state index contributed by atoms with van der Waals surface area (Å²) < 4.78 is 5.18. The van der Waals surface area contributed by atoms with Gasteiger partial charge in [0.2, 0.25) is 5.89 Å². The molecule has 2 heterocycles. The molecule has 7 heteroatoms. The van der Waals surface area contributed by atoms with E-state index in [1.54, 1.807) is 0 Å². The highest BCUT2D eigenvalue weighted by Crippen LogP contribution is 2.26. The highest BCUT2D eigenvalue weighted by Gasteiger charge is 2.28. The third-order valence-corrected chi connectivity index (χ3v) is 5.36. The fourth-order valence-corrected chi connectivity index (χ4v) is 3.89. The van der Waals surface area contributed by atoms with Crippen molar-refractivity contribution in [3.05, 3.63) is 46.6 Å². The van der Waals surface area contributed by atoms with Gasteiger partial charge in [-0.25, -0.2) is 0 Å². The average molecular weight is 368 g/mol. The molecule has 1 aliphatic carbocycles. The summed E-state index contributed by atoms with van der Waals surface area (Å²) in [7, 11) is 0. The molecule has 0 bridgehead atoms. The van der Waals surface area contributed by atoms with E-state index in [9.17, 15) is 9.59 Å². The molecule has 0 unspecified atom stereocenters. The predicted molar refractivity (Wildman–Crippen MR) is 98.6 cm³/mol. The van der Waals surface area contributed by atoms with Crippen LogP contribution >= 0.6 is 0 Å². The van der Waals surface area contributed by atoms with Gasteiger partial charge in [-0.2, -0.15) is 4.98 Å². The minimum Gasteiger partial charge on any atom is -0.339 e. The Bertz CT molecular complexity index is 861. The van der Waals surface area contributed by atoms with E-state index in [0.29, 0.717) is 43.2 Å². The van der Waals surface area contributed by atoms with E-state index >= 15 is 0 Å². The summed E-state index contributed by atoms with van der Waals surface area (Å²) in [6, 6.07) is 5.51. The summed E-state index contributed by atoms with van der Waals surface area (Å²) in [4.78, 5) is 33.6. The topological polar surface area (TPSA) is 79.5 Å². The molecule has 1 aliphatic heterocycles. The normalized spacial score (nSPS) is 17.8. The first-order valence-electron chi connectivity index (χ1n) is 9.64. The Morgan fingerprint density at radius 2 is 2.07 bits per heavy atom.